The van der Waals surface area contributed by atoms with E-state index in [-0.39, 0.29) is 6.42 Å². The van der Waals surface area contributed by atoms with Crippen molar-refractivity contribution in [2.75, 3.05) is 0 Å². The third-order valence-electron chi connectivity index (χ3n) is 5.97. The molecule has 0 aromatic heterocycles. The summed E-state index contributed by atoms with van der Waals surface area (Å²) in [6.45, 7) is 3.74. The zero-order valence-electron chi connectivity index (χ0n) is 20.0. The smallest absolute Gasteiger partial charge is 0.328 e. The molecule has 3 N–H and O–H groups in total. The monoisotopic (exact) mass is 488 g/mol. The van der Waals surface area contributed by atoms with Crippen LogP contribution in [0.4, 0.5) is 0 Å². The summed E-state index contributed by atoms with van der Waals surface area (Å²) < 4.78 is 29.8. The van der Waals surface area contributed by atoms with Crippen LogP contribution in [0.5, 0.6) is 0 Å². The first-order chi connectivity index (χ1) is 15.7. The molecule has 1 atom stereocenters. The molecule has 0 spiro atoms. The number of unbranched alkanes of at least 4 members (excludes halogenated alkanes) is 14. The zero-order valence-corrected chi connectivity index (χ0v) is 20.9. The first-order valence-electron chi connectivity index (χ1n) is 12.4. The third-order valence-corrected chi connectivity index (χ3v) is 7.48. The Hall–Kier alpha value is -1.67. The second-order valence-electron chi connectivity index (χ2n) is 8.82. The fourth-order valence-corrected chi connectivity index (χ4v) is 4.82. The SMILES string of the molecule is C=CCCCCCCCCCC=CCCCCCCCCC(CC(=O)O)(C(=O)O)S(=O)(=O)O. The summed E-state index contributed by atoms with van der Waals surface area (Å²) in [7, 11) is -5.04. The van der Waals surface area contributed by atoms with Crippen LogP contribution in [0.15, 0.2) is 24.8 Å². The number of rotatable bonds is 23. The second kappa shape index (κ2) is 18.7. The summed E-state index contributed by atoms with van der Waals surface area (Å²) in [6.07, 6.45) is 22.0. The quantitative estimate of drug-likeness (QED) is 0.0845. The summed E-state index contributed by atoms with van der Waals surface area (Å²) >= 11 is 0. The lowest BCUT2D eigenvalue weighted by atomic mass is 9.96. The van der Waals surface area contributed by atoms with Gasteiger partial charge in [-0.2, -0.15) is 8.42 Å². The van der Waals surface area contributed by atoms with Crippen LogP contribution in [0, 0.1) is 0 Å². The number of carboxylic acid groups (broad SMARTS) is 2. The van der Waals surface area contributed by atoms with Gasteiger partial charge in [0, 0.05) is 0 Å². The van der Waals surface area contributed by atoms with Gasteiger partial charge in [-0.3, -0.25) is 14.1 Å². The van der Waals surface area contributed by atoms with E-state index in [1.165, 1.54) is 44.9 Å². The molecule has 0 radical (unpaired) electrons. The maximum atomic E-state index is 11.6. The number of carboxylic acids is 2. The first-order valence-corrected chi connectivity index (χ1v) is 13.8. The van der Waals surface area contributed by atoms with Crippen molar-refractivity contribution in [2.24, 2.45) is 0 Å². The average molecular weight is 489 g/mol. The minimum absolute atomic E-state index is 0.230. The summed E-state index contributed by atoms with van der Waals surface area (Å²) in [5.41, 5.74) is 0. The van der Waals surface area contributed by atoms with Crippen LogP contribution in [0.3, 0.4) is 0 Å². The average Bonchev–Trinajstić information content (AvgIpc) is 2.73. The van der Waals surface area contributed by atoms with Gasteiger partial charge < -0.3 is 10.2 Å². The van der Waals surface area contributed by atoms with Gasteiger partial charge in [0.1, 0.15) is 0 Å². The Morgan fingerprint density at radius 1 is 0.697 bits per heavy atom. The Kier molecular flexibility index (Phi) is 17.8. The Morgan fingerprint density at radius 2 is 1.09 bits per heavy atom. The highest BCUT2D eigenvalue weighted by molar-refractivity contribution is 7.88. The molecule has 0 rings (SSSR count). The molecule has 192 valence electrons. The van der Waals surface area contributed by atoms with Gasteiger partial charge >= 0.3 is 11.9 Å². The van der Waals surface area contributed by atoms with Crippen LogP contribution in [-0.4, -0.2) is 39.9 Å². The Morgan fingerprint density at radius 3 is 1.45 bits per heavy atom. The van der Waals surface area contributed by atoms with E-state index in [4.69, 9.17) is 5.11 Å². The Labute approximate surface area is 200 Å². The summed E-state index contributed by atoms with van der Waals surface area (Å²) in [5.74, 6) is -3.39. The molecule has 0 aromatic rings. The molecule has 0 saturated carbocycles. The van der Waals surface area contributed by atoms with Gasteiger partial charge in [-0.25, -0.2) is 0 Å². The number of hydrogen-bond acceptors (Lipinski definition) is 4. The largest absolute Gasteiger partial charge is 0.481 e. The predicted molar refractivity (Wildman–Crippen MR) is 132 cm³/mol. The van der Waals surface area contributed by atoms with Gasteiger partial charge in [-0.1, -0.05) is 82.4 Å². The topological polar surface area (TPSA) is 129 Å². The number of allylic oxidation sites excluding steroid dienone is 3. The van der Waals surface area contributed by atoms with Crippen molar-refractivity contribution in [3.63, 3.8) is 0 Å². The van der Waals surface area contributed by atoms with Gasteiger partial charge in [0.05, 0.1) is 6.42 Å². The van der Waals surface area contributed by atoms with Crippen LogP contribution >= 0.6 is 0 Å². The molecule has 8 heteroatoms. The Bertz CT molecular complexity index is 685. The zero-order chi connectivity index (χ0) is 25.0. The fraction of sp³-hybridized carbons (Fsp3) is 0.760. The predicted octanol–water partition coefficient (Wildman–Crippen LogP) is 6.55. The number of hydrogen-bond donors (Lipinski definition) is 3. The van der Waals surface area contributed by atoms with E-state index in [1.54, 1.807) is 0 Å². The number of carbonyl (C=O) groups is 2. The van der Waals surface area contributed by atoms with Crippen molar-refractivity contribution in [1.29, 1.82) is 0 Å². The van der Waals surface area contributed by atoms with E-state index < -0.39 is 39.6 Å². The molecule has 0 heterocycles. The van der Waals surface area contributed by atoms with Gasteiger partial charge in [0.15, 0.2) is 0 Å². The van der Waals surface area contributed by atoms with Crippen molar-refractivity contribution in [2.45, 2.75) is 120 Å². The highest BCUT2D eigenvalue weighted by atomic mass is 32.2. The van der Waals surface area contributed by atoms with Gasteiger partial charge in [-0.05, 0) is 44.9 Å². The maximum Gasteiger partial charge on any atom is 0.328 e. The van der Waals surface area contributed by atoms with Gasteiger partial charge in [0.25, 0.3) is 10.1 Å². The molecule has 0 saturated heterocycles. The summed E-state index contributed by atoms with van der Waals surface area (Å²) in [4.78, 5) is 22.3. The molecular weight excluding hydrogens is 444 g/mol. The third kappa shape index (κ3) is 15.0. The lowest BCUT2D eigenvalue weighted by Gasteiger charge is -2.24. The van der Waals surface area contributed by atoms with Gasteiger partial charge in [0.2, 0.25) is 4.75 Å². The number of aliphatic carboxylic acids is 2. The summed E-state index contributed by atoms with van der Waals surface area (Å²) in [5, 5.41) is 18.1. The lowest BCUT2D eigenvalue weighted by molar-refractivity contribution is -0.147. The molecule has 1 unspecified atom stereocenters. The minimum Gasteiger partial charge on any atom is -0.481 e. The van der Waals surface area contributed by atoms with Gasteiger partial charge in [-0.15, -0.1) is 6.58 Å². The fourth-order valence-electron chi connectivity index (χ4n) is 3.90. The Balaban J connectivity index is 3.78. The molecule has 0 aliphatic rings. The molecule has 0 aliphatic heterocycles. The van der Waals surface area contributed by atoms with Crippen LogP contribution in [0.2, 0.25) is 0 Å². The van der Waals surface area contributed by atoms with E-state index in [0.29, 0.717) is 6.42 Å². The van der Waals surface area contributed by atoms with Crippen molar-refractivity contribution in [3.05, 3.63) is 24.8 Å². The normalized spacial score (nSPS) is 13.7. The van der Waals surface area contributed by atoms with Crippen molar-refractivity contribution in [1.82, 2.24) is 0 Å². The highest BCUT2D eigenvalue weighted by Crippen LogP contribution is 2.29. The molecule has 33 heavy (non-hydrogen) atoms. The van der Waals surface area contributed by atoms with E-state index >= 15 is 0 Å². The van der Waals surface area contributed by atoms with E-state index in [0.717, 1.165) is 44.9 Å². The molecule has 7 nitrogen and oxygen atoms in total. The van der Waals surface area contributed by atoms with Crippen LogP contribution in [-0.2, 0) is 19.7 Å². The van der Waals surface area contributed by atoms with Crippen molar-refractivity contribution in [3.8, 4) is 0 Å². The molecule has 0 amide bonds. The molecule has 0 bridgehead atoms. The molecule has 0 fully saturated rings. The first kappa shape index (κ1) is 31.3. The van der Waals surface area contributed by atoms with E-state index in [2.05, 4.69) is 18.7 Å². The standard InChI is InChI=1S/C25H44O7S/c1-2-3-4-5-6-7-8-9-10-11-12-13-14-15-16-17-18-19-20-21-25(24(28)29,22-23(26)27)33(30,31)32/h2,12-13H,1,3-11,14-22H2,(H,26,27)(H,28,29)(H,30,31,32). The molecule has 0 aromatic carbocycles. The molecular formula is C25H44O7S. The minimum atomic E-state index is -5.04. The van der Waals surface area contributed by atoms with Crippen molar-refractivity contribution >= 4 is 22.1 Å². The highest BCUT2D eigenvalue weighted by Gasteiger charge is 2.51. The second-order valence-corrected chi connectivity index (χ2v) is 10.5. The molecule has 0 aliphatic carbocycles. The van der Waals surface area contributed by atoms with E-state index in [9.17, 15) is 27.7 Å². The van der Waals surface area contributed by atoms with Crippen LogP contribution in [0.25, 0.3) is 0 Å². The lowest BCUT2D eigenvalue weighted by Crippen LogP contribution is -2.48. The van der Waals surface area contributed by atoms with Crippen molar-refractivity contribution < 1.29 is 32.8 Å². The van der Waals surface area contributed by atoms with Crippen LogP contribution in [0.1, 0.15) is 116 Å². The maximum absolute atomic E-state index is 11.6. The van der Waals surface area contributed by atoms with Crippen LogP contribution < -0.4 is 0 Å². The van der Waals surface area contributed by atoms with E-state index in [1.807, 2.05) is 6.08 Å². The summed E-state index contributed by atoms with van der Waals surface area (Å²) in [6, 6.07) is 0.